The second kappa shape index (κ2) is 3.51. The fraction of sp³-hybridized carbons (Fsp3) is 0.100. The van der Waals surface area contributed by atoms with Gasteiger partial charge in [-0.25, -0.2) is 4.98 Å². The summed E-state index contributed by atoms with van der Waals surface area (Å²) in [5, 5.41) is 0. The maximum Gasteiger partial charge on any atom is 0.226 e. The van der Waals surface area contributed by atoms with Gasteiger partial charge in [0.25, 0.3) is 0 Å². The normalized spacial score (nSPS) is 10.4. The molecule has 1 heterocycles. The molecule has 4 N–H and O–H groups in total. The second-order valence-corrected chi connectivity index (χ2v) is 2.97. The molecule has 0 atom stereocenters. The second-order valence-electron chi connectivity index (χ2n) is 2.97. The summed E-state index contributed by atoms with van der Waals surface area (Å²) in [6.45, 7) is 0.387. The third-order valence-corrected chi connectivity index (χ3v) is 1.92. The maximum atomic E-state index is 5.57. The van der Waals surface area contributed by atoms with Crippen molar-refractivity contribution in [3.05, 3.63) is 36.2 Å². The lowest BCUT2D eigenvalue weighted by atomic mass is 10.2. The number of aromatic nitrogens is 1. The highest BCUT2D eigenvalue weighted by Gasteiger charge is 2.04. The zero-order chi connectivity index (χ0) is 9.97. The standard InChI is InChI=1S/C10H11N3O/c11-5-9-6-14-10(13-9)7-1-3-8(12)4-2-7/h1-4,6H,5,11-12H2. The molecule has 0 fully saturated rings. The molecular weight excluding hydrogens is 178 g/mol. The summed E-state index contributed by atoms with van der Waals surface area (Å²) in [7, 11) is 0. The minimum absolute atomic E-state index is 0.387. The topological polar surface area (TPSA) is 78.1 Å². The van der Waals surface area contributed by atoms with Crippen molar-refractivity contribution in [1.82, 2.24) is 4.98 Å². The predicted octanol–water partition coefficient (Wildman–Crippen LogP) is 1.38. The van der Waals surface area contributed by atoms with Crippen LogP contribution in [0.2, 0.25) is 0 Å². The number of anilines is 1. The summed E-state index contributed by atoms with van der Waals surface area (Å²) >= 11 is 0. The number of hydrogen-bond acceptors (Lipinski definition) is 4. The van der Waals surface area contributed by atoms with E-state index < -0.39 is 0 Å². The van der Waals surface area contributed by atoms with Crippen molar-refractivity contribution >= 4 is 5.69 Å². The average Bonchev–Trinajstić information content (AvgIpc) is 2.67. The van der Waals surface area contributed by atoms with Crippen molar-refractivity contribution in [2.45, 2.75) is 6.54 Å². The highest BCUT2D eigenvalue weighted by atomic mass is 16.3. The number of hydrogen-bond donors (Lipinski definition) is 2. The molecule has 2 rings (SSSR count). The van der Waals surface area contributed by atoms with Gasteiger partial charge in [0.1, 0.15) is 6.26 Å². The zero-order valence-corrected chi connectivity index (χ0v) is 7.60. The number of nitrogens with zero attached hydrogens (tertiary/aromatic N) is 1. The van der Waals surface area contributed by atoms with Crippen LogP contribution in [0.3, 0.4) is 0 Å². The van der Waals surface area contributed by atoms with Gasteiger partial charge in [0.05, 0.1) is 5.69 Å². The van der Waals surface area contributed by atoms with Crippen molar-refractivity contribution < 1.29 is 4.42 Å². The van der Waals surface area contributed by atoms with Crippen molar-refractivity contribution in [3.8, 4) is 11.5 Å². The summed E-state index contributed by atoms with van der Waals surface area (Å²) in [5.74, 6) is 0.574. The number of benzene rings is 1. The van der Waals surface area contributed by atoms with E-state index in [1.807, 2.05) is 24.3 Å². The van der Waals surface area contributed by atoms with Crippen LogP contribution in [-0.4, -0.2) is 4.98 Å². The third-order valence-electron chi connectivity index (χ3n) is 1.92. The van der Waals surface area contributed by atoms with Crippen LogP contribution in [-0.2, 0) is 6.54 Å². The Morgan fingerprint density at radius 2 is 1.93 bits per heavy atom. The van der Waals surface area contributed by atoms with Crippen LogP contribution in [0, 0.1) is 0 Å². The van der Waals surface area contributed by atoms with Gasteiger partial charge in [-0.15, -0.1) is 0 Å². The fourth-order valence-corrected chi connectivity index (χ4v) is 1.16. The number of oxazole rings is 1. The molecular formula is C10H11N3O. The molecule has 4 heteroatoms. The zero-order valence-electron chi connectivity index (χ0n) is 7.60. The van der Waals surface area contributed by atoms with E-state index in [1.165, 1.54) is 0 Å². The minimum atomic E-state index is 0.387. The molecule has 0 aliphatic heterocycles. The molecule has 0 aliphatic carbocycles. The van der Waals surface area contributed by atoms with E-state index in [2.05, 4.69) is 4.98 Å². The van der Waals surface area contributed by atoms with E-state index in [1.54, 1.807) is 6.26 Å². The molecule has 1 aromatic carbocycles. The summed E-state index contributed by atoms with van der Waals surface area (Å²) in [5.41, 5.74) is 13.4. The number of nitrogens with two attached hydrogens (primary N) is 2. The first-order valence-corrected chi connectivity index (χ1v) is 4.30. The lowest BCUT2D eigenvalue weighted by Gasteiger charge is -1.95. The van der Waals surface area contributed by atoms with Gasteiger partial charge in [0.15, 0.2) is 0 Å². The SMILES string of the molecule is NCc1coc(-c2ccc(N)cc2)n1. The van der Waals surface area contributed by atoms with Gasteiger partial charge >= 0.3 is 0 Å². The molecule has 0 aliphatic rings. The summed E-state index contributed by atoms with van der Waals surface area (Å²) in [4.78, 5) is 4.20. The van der Waals surface area contributed by atoms with Gasteiger partial charge in [0.2, 0.25) is 5.89 Å². The van der Waals surface area contributed by atoms with Crippen molar-refractivity contribution in [1.29, 1.82) is 0 Å². The van der Waals surface area contributed by atoms with Gasteiger partial charge in [-0.2, -0.15) is 0 Å². The highest BCUT2D eigenvalue weighted by molar-refractivity contribution is 5.57. The van der Waals surface area contributed by atoms with E-state index in [0.717, 1.165) is 16.9 Å². The van der Waals surface area contributed by atoms with Gasteiger partial charge in [-0.1, -0.05) is 0 Å². The van der Waals surface area contributed by atoms with Crippen LogP contribution in [0.15, 0.2) is 34.9 Å². The fourth-order valence-electron chi connectivity index (χ4n) is 1.16. The quantitative estimate of drug-likeness (QED) is 0.699. The Labute approximate surface area is 81.5 Å². The monoisotopic (exact) mass is 189 g/mol. The van der Waals surface area contributed by atoms with Crippen molar-refractivity contribution in [2.24, 2.45) is 5.73 Å². The van der Waals surface area contributed by atoms with E-state index in [9.17, 15) is 0 Å². The van der Waals surface area contributed by atoms with Crippen LogP contribution in [0.1, 0.15) is 5.69 Å². The van der Waals surface area contributed by atoms with Crippen molar-refractivity contribution in [2.75, 3.05) is 5.73 Å². The smallest absolute Gasteiger partial charge is 0.226 e. The van der Waals surface area contributed by atoms with Crippen LogP contribution < -0.4 is 11.5 Å². The highest BCUT2D eigenvalue weighted by Crippen LogP contribution is 2.19. The molecule has 1 aromatic heterocycles. The van der Waals surface area contributed by atoms with Crippen LogP contribution in [0.25, 0.3) is 11.5 Å². The summed E-state index contributed by atoms with van der Waals surface area (Å²) in [6, 6.07) is 7.34. The first kappa shape index (κ1) is 8.77. The lowest BCUT2D eigenvalue weighted by Crippen LogP contribution is -1.95. The third kappa shape index (κ3) is 1.60. The predicted molar refractivity (Wildman–Crippen MR) is 54.2 cm³/mol. The Balaban J connectivity index is 2.34. The molecule has 0 saturated heterocycles. The Kier molecular flexibility index (Phi) is 2.20. The maximum absolute atomic E-state index is 5.57. The van der Waals surface area contributed by atoms with E-state index in [0.29, 0.717) is 12.4 Å². The molecule has 0 bridgehead atoms. The molecule has 0 radical (unpaired) electrons. The van der Waals surface area contributed by atoms with E-state index in [4.69, 9.17) is 15.9 Å². The Hall–Kier alpha value is -1.81. The van der Waals surface area contributed by atoms with Crippen molar-refractivity contribution in [3.63, 3.8) is 0 Å². The average molecular weight is 189 g/mol. The first-order valence-electron chi connectivity index (χ1n) is 4.30. The van der Waals surface area contributed by atoms with Gasteiger partial charge < -0.3 is 15.9 Å². The molecule has 4 nitrogen and oxygen atoms in total. The Bertz CT molecular complexity index is 419. The van der Waals surface area contributed by atoms with Gasteiger partial charge in [0, 0.05) is 17.8 Å². The van der Waals surface area contributed by atoms with Gasteiger partial charge in [-0.05, 0) is 24.3 Å². The summed E-state index contributed by atoms with van der Waals surface area (Å²) < 4.78 is 5.25. The molecule has 72 valence electrons. The Morgan fingerprint density at radius 1 is 1.21 bits per heavy atom. The Morgan fingerprint density at radius 3 is 2.50 bits per heavy atom. The molecule has 0 saturated carbocycles. The number of nitrogen functional groups attached to an aromatic ring is 1. The first-order chi connectivity index (χ1) is 6.79. The molecule has 0 spiro atoms. The molecule has 0 unspecified atom stereocenters. The lowest BCUT2D eigenvalue weighted by molar-refractivity contribution is 0.572. The van der Waals surface area contributed by atoms with Gasteiger partial charge in [-0.3, -0.25) is 0 Å². The minimum Gasteiger partial charge on any atom is -0.444 e. The van der Waals surface area contributed by atoms with Crippen LogP contribution >= 0.6 is 0 Å². The van der Waals surface area contributed by atoms with Crippen LogP contribution in [0.5, 0.6) is 0 Å². The number of rotatable bonds is 2. The largest absolute Gasteiger partial charge is 0.444 e. The molecule has 2 aromatic rings. The summed E-state index contributed by atoms with van der Waals surface area (Å²) in [6.07, 6.45) is 1.56. The van der Waals surface area contributed by atoms with E-state index in [-0.39, 0.29) is 0 Å². The molecule has 0 amide bonds. The van der Waals surface area contributed by atoms with Crippen LogP contribution in [0.4, 0.5) is 5.69 Å². The molecule has 14 heavy (non-hydrogen) atoms. The van der Waals surface area contributed by atoms with E-state index >= 15 is 0 Å².